The van der Waals surface area contributed by atoms with E-state index in [9.17, 15) is 0 Å². The van der Waals surface area contributed by atoms with Crippen LogP contribution in [0.3, 0.4) is 0 Å². The molecule has 0 amide bonds. The molecule has 3 rings (SSSR count). The van der Waals surface area contributed by atoms with Gasteiger partial charge in [0.05, 0.1) is 12.3 Å². The third-order valence-electron chi connectivity index (χ3n) is 4.89. The zero-order valence-corrected chi connectivity index (χ0v) is 16.9. The normalized spacial score (nSPS) is 10.6. The summed E-state index contributed by atoms with van der Waals surface area (Å²) >= 11 is 0. The lowest BCUT2D eigenvalue weighted by molar-refractivity contribution is 0.305. The van der Waals surface area contributed by atoms with Crippen molar-refractivity contribution in [2.75, 3.05) is 11.5 Å². The molecule has 0 N–H and O–H groups in total. The molecule has 28 heavy (non-hydrogen) atoms. The van der Waals surface area contributed by atoms with Crippen molar-refractivity contribution in [2.45, 2.75) is 45.4 Å². The number of para-hydroxylation sites is 4. The molecule has 146 valence electrons. The van der Waals surface area contributed by atoms with Crippen LogP contribution in [0, 0.1) is 0 Å². The Morgan fingerprint density at radius 3 is 1.79 bits per heavy atom. The van der Waals surface area contributed by atoms with Gasteiger partial charge >= 0.3 is 0 Å². The number of ether oxygens (including phenoxy) is 1. The Kier molecular flexibility index (Phi) is 7.99. The molecule has 0 saturated carbocycles. The first-order chi connectivity index (χ1) is 13.9. The topological polar surface area (TPSA) is 12.5 Å². The Morgan fingerprint density at radius 2 is 1.14 bits per heavy atom. The first-order valence-corrected chi connectivity index (χ1v) is 10.5. The molecule has 3 aromatic carbocycles. The van der Waals surface area contributed by atoms with Gasteiger partial charge in [-0.3, -0.25) is 0 Å². The van der Waals surface area contributed by atoms with Gasteiger partial charge in [0.25, 0.3) is 0 Å². The minimum absolute atomic E-state index is 0.764. The van der Waals surface area contributed by atoms with Crippen molar-refractivity contribution >= 4 is 17.1 Å². The molecule has 0 atom stereocenters. The van der Waals surface area contributed by atoms with Crippen molar-refractivity contribution in [1.29, 1.82) is 0 Å². The summed E-state index contributed by atoms with van der Waals surface area (Å²) in [7, 11) is 0. The second kappa shape index (κ2) is 11.2. The lowest BCUT2D eigenvalue weighted by Gasteiger charge is -2.27. The highest BCUT2D eigenvalue weighted by atomic mass is 16.5. The molecule has 0 aromatic heterocycles. The number of anilines is 3. The van der Waals surface area contributed by atoms with Gasteiger partial charge in [-0.2, -0.15) is 0 Å². The quantitative estimate of drug-likeness (QED) is 0.317. The van der Waals surface area contributed by atoms with Gasteiger partial charge in [0.15, 0.2) is 0 Å². The van der Waals surface area contributed by atoms with Gasteiger partial charge in [-0.15, -0.1) is 0 Å². The highest BCUT2D eigenvalue weighted by molar-refractivity contribution is 5.79. The van der Waals surface area contributed by atoms with Gasteiger partial charge in [-0.1, -0.05) is 87.6 Å². The average Bonchev–Trinajstić information content (AvgIpc) is 2.76. The van der Waals surface area contributed by atoms with Gasteiger partial charge in [-0.05, 0) is 42.8 Å². The van der Waals surface area contributed by atoms with Crippen molar-refractivity contribution in [2.24, 2.45) is 0 Å². The zero-order valence-electron chi connectivity index (χ0n) is 16.9. The minimum Gasteiger partial charge on any atom is -0.491 e. The highest BCUT2D eigenvalue weighted by Gasteiger charge is 2.16. The van der Waals surface area contributed by atoms with E-state index in [-0.39, 0.29) is 0 Å². The predicted molar refractivity (Wildman–Crippen MR) is 120 cm³/mol. The maximum Gasteiger partial charge on any atom is 0.143 e. The Hall–Kier alpha value is -2.74. The molecule has 0 fully saturated rings. The molecule has 0 spiro atoms. The number of rotatable bonds is 11. The van der Waals surface area contributed by atoms with E-state index in [1.165, 1.54) is 32.1 Å². The fraction of sp³-hybridized carbons (Fsp3) is 0.308. The molecule has 0 aliphatic heterocycles. The van der Waals surface area contributed by atoms with Crippen molar-refractivity contribution in [3.8, 4) is 5.75 Å². The third-order valence-corrected chi connectivity index (χ3v) is 4.89. The van der Waals surface area contributed by atoms with Crippen molar-refractivity contribution in [3.63, 3.8) is 0 Å². The van der Waals surface area contributed by atoms with E-state index in [0.29, 0.717) is 0 Å². The van der Waals surface area contributed by atoms with Crippen LogP contribution in [0.15, 0.2) is 84.9 Å². The van der Waals surface area contributed by atoms with Gasteiger partial charge in [0.2, 0.25) is 0 Å². The first-order valence-electron chi connectivity index (χ1n) is 10.5. The van der Waals surface area contributed by atoms with Gasteiger partial charge in [0.1, 0.15) is 5.75 Å². The Labute approximate surface area is 169 Å². The number of hydrogen-bond donors (Lipinski definition) is 0. The molecule has 0 heterocycles. The monoisotopic (exact) mass is 373 g/mol. The third kappa shape index (κ3) is 5.63. The predicted octanol–water partition coefficient (Wildman–Crippen LogP) is 7.90. The Bertz CT molecular complexity index is 761. The summed E-state index contributed by atoms with van der Waals surface area (Å²) in [4.78, 5) is 2.26. The summed E-state index contributed by atoms with van der Waals surface area (Å²) in [6.45, 7) is 3.02. The molecule has 3 aromatic rings. The van der Waals surface area contributed by atoms with Crippen LogP contribution in [-0.2, 0) is 0 Å². The summed E-state index contributed by atoms with van der Waals surface area (Å²) < 4.78 is 6.23. The van der Waals surface area contributed by atoms with Crippen LogP contribution in [0.1, 0.15) is 45.4 Å². The fourth-order valence-corrected chi connectivity index (χ4v) is 3.41. The molecule has 0 bridgehead atoms. The summed E-state index contributed by atoms with van der Waals surface area (Å²) in [5.41, 5.74) is 3.33. The van der Waals surface area contributed by atoms with Gasteiger partial charge in [-0.25, -0.2) is 0 Å². The van der Waals surface area contributed by atoms with Crippen molar-refractivity contribution in [3.05, 3.63) is 84.9 Å². The van der Waals surface area contributed by atoms with Crippen LogP contribution < -0.4 is 9.64 Å². The molecule has 2 nitrogen and oxygen atoms in total. The molecule has 0 aliphatic rings. The SMILES string of the molecule is CCCCCCCCOc1ccccc1N(c1ccccc1)c1ccccc1. The number of benzene rings is 3. The van der Waals surface area contributed by atoms with Crippen LogP contribution in [0.5, 0.6) is 5.75 Å². The van der Waals surface area contributed by atoms with Crippen molar-refractivity contribution < 1.29 is 4.74 Å². The average molecular weight is 374 g/mol. The number of hydrogen-bond acceptors (Lipinski definition) is 2. The molecular formula is C26H31NO. The van der Waals surface area contributed by atoms with E-state index in [1.807, 2.05) is 18.2 Å². The minimum atomic E-state index is 0.764. The highest BCUT2D eigenvalue weighted by Crippen LogP contribution is 2.39. The van der Waals surface area contributed by atoms with Crippen LogP contribution in [0.25, 0.3) is 0 Å². The molecule has 2 heteroatoms. The van der Waals surface area contributed by atoms with Crippen LogP contribution in [-0.4, -0.2) is 6.61 Å². The van der Waals surface area contributed by atoms with E-state index in [1.54, 1.807) is 0 Å². The maximum atomic E-state index is 6.23. The van der Waals surface area contributed by atoms with Gasteiger partial charge < -0.3 is 9.64 Å². The number of unbranched alkanes of at least 4 members (excludes halogenated alkanes) is 5. The first kappa shape index (κ1) is 20.0. The van der Waals surface area contributed by atoms with Gasteiger partial charge in [0, 0.05) is 11.4 Å². The largest absolute Gasteiger partial charge is 0.491 e. The van der Waals surface area contributed by atoms with E-state index in [4.69, 9.17) is 4.74 Å². The molecule has 0 radical (unpaired) electrons. The Balaban J connectivity index is 1.76. The summed E-state index contributed by atoms with van der Waals surface area (Å²) in [5, 5.41) is 0. The summed E-state index contributed by atoms with van der Waals surface area (Å²) in [6.07, 6.45) is 7.62. The van der Waals surface area contributed by atoms with Crippen molar-refractivity contribution in [1.82, 2.24) is 0 Å². The van der Waals surface area contributed by atoms with Crippen LogP contribution in [0.4, 0.5) is 17.1 Å². The summed E-state index contributed by atoms with van der Waals surface area (Å²) in [6, 6.07) is 29.3. The van der Waals surface area contributed by atoms with E-state index in [0.717, 1.165) is 35.8 Å². The molecular weight excluding hydrogens is 342 g/mol. The molecule has 0 saturated heterocycles. The fourth-order valence-electron chi connectivity index (χ4n) is 3.41. The smallest absolute Gasteiger partial charge is 0.143 e. The molecule has 0 unspecified atom stereocenters. The lowest BCUT2D eigenvalue weighted by atomic mass is 10.1. The second-order valence-corrected chi connectivity index (χ2v) is 7.09. The maximum absolute atomic E-state index is 6.23. The zero-order chi connectivity index (χ0) is 19.4. The second-order valence-electron chi connectivity index (χ2n) is 7.09. The Morgan fingerprint density at radius 1 is 0.607 bits per heavy atom. The standard InChI is InChI=1S/C26H31NO/c1-2-3-4-5-6-15-22-28-26-21-14-13-20-25(26)27(23-16-9-7-10-17-23)24-18-11-8-12-19-24/h7-14,16-21H,2-6,15,22H2,1H3. The number of nitrogens with zero attached hydrogens (tertiary/aromatic N) is 1. The lowest BCUT2D eigenvalue weighted by Crippen LogP contribution is -2.11. The van der Waals surface area contributed by atoms with E-state index < -0.39 is 0 Å². The van der Waals surface area contributed by atoms with E-state index in [2.05, 4.69) is 78.6 Å². The van der Waals surface area contributed by atoms with E-state index >= 15 is 0 Å². The van der Waals surface area contributed by atoms with Crippen LogP contribution in [0.2, 0.25) is 0 Å². The summed E-state index contributed by atoms with van der Waals surface area (Å²) in [5.74, 6) is 0.934. The van der Waals surface area contributed by atoms with Crippen LogP contribution >= 0.6 is 0 Å². The molecule has 0 aliphatic carbocycles.